The van der Waals surface area contributed by atoms with E-state index in [-0.39, 0.29) is 19.3 Å². The fraction of sp³-hybridized carbons (Fsp3) is 0.579. The SMILES string of the molecule is CSCCC(N)C(=O)NC(CCC(N)=O)C(=O)NC(C)C(=O)NC(Cc1cnc[nH]1)C(=O)O. The molecule has 0 aliphatic carbocycles. The lowest BCUT2D eigenvalue weighted by molar-refractivity contribution is -0.142. The van der Waals surface area contributed by atoms with E-state index in [2.05, 4.69) is 25.9 Å². The van der Waals surface area contributed by atoms with Crippen LogP contribution in [0.1, 0.15) is 31.9 Å². The maximum absolute atomic E-state index is 12.7. The van der Waals surface area contributed by atoms with Crippen LogP contribution in [0, 0.1) is 0 Å². The van der Waals surface area contributed by atoms with Gasteiger partial charge in [-0.2, -0.15) is 11.8 Å². The van der Waals surface area contributed by atoms with Crippen molar-refractivity contribution < 1.29 is 29.1 Å². The van der Waals surface area contributed by atoms with Crippen LogP contribution in [0.5, 0.6) is 0 Å². The molecule has 1 rings (SSSR count). The van der Waals surface area contributed by atoms with Crippen molar-refractivity contribution in [3.05, 3.63) is 18.2 Å². The zero-order valence-electron chi connectivity index (χ0n) is 18.5. The van der Waals surface area contributed by atoms with Crippen molar-refractivity contribution in [1.29, 1.82) is 0 Å². The summed E-state index contributed by atoms with van der Waals surface area (Å²) < 4.78 is 0. The Morgan fingerprint density at radius 1 is 1.09 bits per heavy atom. The van der Waals surface area contributed by atoms with Crippen molar-refractivity contribution >= 4 is 41.4 Å². The molecule has 4 unspecified atom stereocenters. The predicted octanol–water partition coefficient (Wildman–Crippen LogP) is -2.14. The molecular formula is C19H31N7O6S. The molecule has 0 aliphatic rings. The third kappa shape index (κ3) is 10.4. The summed E-state index contributed by atoms with van der Waals surface area (Å²) in [6.45, 7) is 1.36. The Morgan fingerprint density at radius 2 is 1.76 bits per heavy atom. The Morgan fingerprint density at radius 3 is 2.30 bits per heavy atom. The number of hydrogen-bond acceptors (Lipinski definition) is 8. The van der Waals surface area contributed by atoms with Crippen molar-refractivity contribution in [2.24, 2.45) is 11.5 Å². The fourth-order valence-electron chi connectivity index (χ4n) is 2.70. The number of aromatic nitrogens is 2. The molecule has 1 aromatic heterocycles. The minimum absolute atomic E-state index is 0.0348. The number of carboxylic acid groups (broad SMARTS) is 1. The van der Waals surface area contributed by atoms with Gasteiger partial charge in [-0.1, -0.05) is 0 Å². The number of thioether (sulfide) groups is 1. The third-order valence-corrected chi connectivity index (χ3v) is 5.27. The fourth-order valence-corrected chi connectivity index (χ4v) is 3.19. The van der Waals surface area contributed by atoms with E-state index in [1.165, 1.54) is 31.2 Å². The second-order valence-electron chi connectivity index (χ2n) is 7.36. The monoisotopic (exact) mass is 485 g/mol. The van der Waals surface area contributed by atoms with E-state index < -0.39 is 53.8 Å². The van der Waals surface area contributed by atoms with Gasteiger partial charge in [0.05, 0.1) is 12.4 Å². The van der Waals surface area contributed by atoms with Crippen LogP contribution in [0.15, 0.2) is 12.5 Å². The van der Waals surface area contributed by atoms with Gasteiger partial charge in [-0.15, -0.1) is 0 Å². The van der Waals surface area contributed by atoms with Gasteiger partial charge in [0.2, 0.25) is 23.6 Å². The summed E-state index contributed by atoms with van der Waals surface area (Å²) in [6, 6.07) is -4.38. The Balaban J connectivity index is 2.75. The average molecular weight is 486 g/mol. The van der Waals surface area contributed by atoms with Crippen molar-refractivity contribution in [3.8, 4) is 0 Å². The zero-order valence-corrected chi connectivity index (χ0v) is 19.3. The summed E-state index contributed by atoms with van der Waals surface area (Å²) in [5.41, 5.74) is 11.5. The lowest BCUT2D eigenvalue weighted by Crippen LogP contribution is -2.56. The highest BCUT2D eigenvalue weighted by Crippen LogP contribution is 2.04. The predicted molar refractivity (Wildman–Crippen MR) is 121 cm³/mol. The van der Waals surface area contributed by atoms with Crippen molar-refractivity contribution in [3.63, 3.8) is 0 Å². The molecule has 0 aromatic carbocycles. The Kier molecular flexibility index (Phi) is 11.9. The number of hydrogen-bond donors (Lipinski definition) is 7. The number of amides is 4. The van der Waals surface area contributed by atoms with Crippen LogP contribution in [-0.4, -0.2) is 80.8 Å². The number of aromatic amines is 1. The van der Waals surface area contributed by atoms with Gasteiger partial charge in [-0.05, 0) is 31.8 Å². The highest BCUT2D eigenvalue weighted by Gasteiger charge is 2.28. The molecule has 0 saturated heterocycles. The molecule has 13 nitrogen and oxygen atoms in total. The van der Waals surface area contributed by atoms with Crippen molar-refractivity contribution in [1.82, 2.24) is 25.9 Å². The van der Waals surface area contributed by atoms with Crippen LogP contribution in [-0.2, 0) is 30.4 Å². The van der Waals surface area contributed by atoms with Gasteiger partial charge in [-0.25, -0.2) is 9.78 Å². The molecule has 14 heteroatoms. The molecule has 184 valence electrons. The molecule has 0 spiro atoms. The summed E-state index contributed by atoms with van der Waals surface area (Å²) in [6.07, 6.45) is 4.77. The number of nitrogens with one attached hydrogen (secondary N) is 4. The minimum atomic E-state index is -1.26. The molecule has 0 radical (unpaired) electrons. The summed E-state index contributed by atoms with van der Waals surface area (Å²) in [7, 11) is 0. The number of H-pyrrole nitrogens is 1. The normalized spacial score (nSPS) is 14.4. The first-order valence-electron chi connectivity index (χ1n) is 10.2. The number of carbonyl (C=O) groups excluding carboxylic acids is 4. The molecule has 0 saturated carbocycles. The van der Waals surface area contributed by atoms with E-state index in [0.29, 0.717) is 17.9 Å². The highest BCUT2D eigenvalue weighted by atomic mass is 32.2. The lowest BCUT2D eigenvalue weighted by atomic mass is 10.1. The molecule has 1 heterocycles. The standard InChI is InChI=1S/C19H31N7O6S/c1-10(16(28)26-14(19(31)32)7-11-8-22-9-23-11)24-18(30)13(3-4-15(21)27)25-17(29)12(20)5-6-33-2/h8-10,12-14H,3-7,20H2,1-2H3,(H2,21,27)(H,22,23)(H,24,30)(H,25,29)(H,26,28)(H,31,32). The first-order chi connectivity index (χ1) is 15.5. The first-order valence-corrected chi connectivity index (χ1v) is 11.6. The molecule has 1 aromatic rings. The summed E-state index contributed by atoms with van der Waals surface area (Å²) in [5, 5.41) is 16.6. The number of nitrogens with two attached hydrogens (primary N) is 2. The quantitative estimate of drug-likeness (QED) is 0.144. The minimum Gasteiger partial charge on any atom is -0.480 e. The van der Waals surface area contributed by atoms with E-state index in [0.717, 1.165) is 0 Å². The van der Waals surface area contributed by atoms with Crippen LogP contribution in [0.4, 0.5) is 0 Å². The Labute approximate surface area is 195 Å². The van der Waals surface area contributed by atoms with Crippen LogP contribution in [0.25, 0.3) is 0 Å². The van der Waals surface area contributed by atoms with Crippen LogP contribution >= 0.6 is 11.8 Å². The summed E-state index contributed by atoms with van der Waals surface area (Å²) in [4.78, 5) is 66.6. The summed E-state index contributed by atoms with van der Waals surface area (Å²) in [5.74, 6) is -3.33. The Bertz CT molecular complexity index is 820. The van der Waals surface area contributed by atoms with Gasteiger partial charge in [-0.3, -0.25) is 19.2 Å². The molecule has 0 fully saturated rings. The van der Waals surface area contributed by atoms with Crippen molar-refractivity contribution in [2.75, 3.05) is 12.0 Å². The number of carboxylic acids is 1. The molecule has 33 heavy (non-hydrogen) atoms. The second-order valence-corrected chi connectivity index (χ2v) is 8.35. The van der Waals surface area contributed by atoms with Crippen LogP contribution in [0.2, 0.25) is 0 Å². The van der Waals surface area contributed by atoms with E-state index in [9.17, 15) is 29.1 Å². The van der Waals surface area contributed by atoms with Gasteiger partial charge in [0.15, 0.2) is 0 Å². The van der Waals surface area contributed by atoms with Gasteiger partial charge in [0.25, 0.3) is 0 Å². The largest absolute Gasteiger partial charge is 0.480 e. The molecule has 4 atom stereocenters. The first kappa shape index (κ1) is 27.9. The van der Waals surface area contributed by atoms with Crippen LogP contribution < -0.4 is 27.4 Å². The number of carbonyl (C=O) groups is 5. The number of imidazole rings is 1. The molecular weight excluding hydrogens is 454 g/mol. The summed E-state index contributed by atoms with van der Waals surface area (Å²) >= 11 is 1.51. The highest BCUT2D eigenvalue weighted by molar-refractivity contribution is 7.98. The number of nitrogens with zero attached hydrogens (tertiary/aromatic N) is 1. The molecule has 4 amide bonds. The van der Waals surface area contributed by atoms with Crippen LogP contribution in [0.3, 0.4) is 0 Å². The van der Waals surface area contributed by atoms with Gasteiger partial charge in [0.1, 0.15) is 18.1 Å². The van der Waals surface area contributed by atoms with Gasteiger partial charge < -0.3 is 37.5 Å². The van der Waals surface area contributed by atoms with E-state index in [1.54, 1.807) is 0 Å². The maximum atomic E-state index is 12.7. The number of aliphatic carboxylic acids is 1. The zero-order chi connectivity index (χ0) is 25.0. The van der Waals surface area contributed by atoms with E-state index in [1.807, 2.05) is 6.26 Å². The van der Waals surface area contributed by atoms with E-state index >= 15 is 0 Å². The smallest absolute Gasteiger partial charge is 0.326 e. The third-order valence-electron chi connectivity index (χ3n) is 4.63. The number of primary amides is 1. The maximum Gasteiger partial charge on any atom is 0.326 e. The van der Waals surface area contributed by atoms with Gasteiger partial charge in [0, 0.05) is 24.7 Å². The topological polar surface area (TPSA) is 222 Å². The average Bonchev–Trinajstić information content (AvgIpc) is 3.26. The number of rotatable bonds is 15. The van der Waals surface area contributed by atoms with Crippen molar-refractivity contribution in [2.45, 2.75) is 56.8 Å². The molecule has 9 N–H and O–H groups in total. The Hall–Kier alpha value is -3.13. The molecule has 0 bridgehead atoms. The lowest BCUT2D eigenvalue weighted by Gasteiger charge is -2.23. The van der Waals surface area contributed by atoms with Gasteiger partial charge >= 0.3 is 5.97 Å². The second kappa shape index (κ2) is 14.1. The van der Waals surface area contributed by atoms with E-state index in [4.69, 9.17) is 11.5 Å². The molecule has 0 aliphatic heterocycles.